The zero-order valence-electron chi connectivity index (χ0n) is 18.9. The second-order valence-corrected chi connectivity index (χ2v) is 9.03. The highest BCUT2D eigenvalue weighted by molar-refractivity contribution is 6.35. The van der Waals surface area contributed by atoms with Gasteiger partial charge in [-0.15, -0.1) is 0 Å². The molecule has 0 N–H and O–H groups in total. The molecule has 3 aromatic carbocycles. The fourth-order valence-electron chi connectivity index (χ4n) is 4.76. The zero-order valence-corrected chi connectivity index (χ0v) is 19.7. The van der Waals surface area contributed by atoms with Crippen LogP contribution in [0.3, 0.4) is 0 Å². The number of piperazine rings is 1. The van der Waals surface area contributed by atoms with Gasteiger partial charge in [-0.3, -0.25) is 9.69 Å². The van der Waals surface area contributed by atoms with Crippen LogP contribution in [0.5, 0.6) is 5.75 Å². The van der Waals surface area contributed by atoms with Crippen LogP contribution in [-0.4, -0.2) is 61.6 Å². The lowest BCUT2D eigenvalue weighted by atomic mass is 9.98. The lowest BCUT2D eigenvalue weighted by molar-refractivity contribution is -0.0858. The van der Waals surface area contributed by atoms with Crippen molar-refractivity contribution >= 4 is 17.5 Å². The fraction of sp³-hybridized carbons (Fsp3) is 0.296. The quantitative estimate of drug-likeness (QED) is 0.524. The number of fused-ring (bicyclic) bond motifs is 1. The Morgan fingerprint density at radius 2 is 1.88 bits per heavy atom. The average molecular weight is 481 g/mol. The molecule has 0 spiro atoms. The predicted octanol–water partition coefficient (Wildman–Crippen LogP) is 5.05. The molecule has 2 aliphatic heterocycles. The number of benzene rings is 3. The molecule has 7 heteroatoms. The Bertz CT molecular complexity index is 1190. The number of methoxy groups -OCH3 is 1. The minimum atomic E-state index is -0.244. The molecule has 5 nitrogen and oxygen atoms in total. The van der Waals surface area contributed by atoms with Crippen molar-refractivity contribution in [3.63, 3.8) is 0 Å². The summed E-state index contributed by atoms with van der Waals surface area (Å²) in [6, 6.07) is 20.1. The number of halogens is 2. The van der Waals surface area contributed by atoms with Crippen molar-refractivity contribution in [2.24, 2.45) is 0 Å². The number of morpholine rings is 1. The molecule has 34 heavy (non-hydrogen) atoms. The maximum Gasteiger partial charge on any atom is 0.255 e. The summed E-state index contributed by atoms with van der Waals surface area (Å²) < 4.78 is 26.0. The maximum absolute atomic E-state index is 14.5. The summed E-state index contributed by atoms with van der Waals surface area (Å²) in [5, 5.41) is 0.336. The third kappa shape index (κ3) is 4.41. The summed E-state index contributed by atoms with van der Waals surface area (Å²) in [5.74, 6) is 0.146. The number of hydrogen-bond acceptors (Lipinski definition) is 4. The molecular formula is C27H26ClFN2O3. The van der Waals surface area contributed by atoms with Crippen molar-refractivity contribution in [3.05, 3.63) is 88.7 Å². The Hall–Kier alpha value is -2.93. The van der Waals surface area contributed by atoms with Gasteiger partial charge in [0.05, 0.1) is 36.4 Å². The van der Waals surface area contributed by atoms with Crippen LogP contribution >= 0.6 is 11.6 Å². The van der Waals surface area contributed by atoms with Crippen LogP contribution in [-0.2, 0) is 4.74 Å². The molecule has 1 unspecified atom stereocenters. The summed E-state index contributed by atoms with van der Waals surface area (Å²) in [6.45, 7) is 3.11. The van der Waals surface area contributed by atoms with Gasteiger partial charge in [-0.25, -0.2) is 4.39 Å². The normalized spacial score (nSPS) is 20.6. The van der Waals surface area contributed by atoms with Gasteiger partial charge in [-0.1, -0.05) is 54.1 Å². The minimum Gasteiger partial charge on any atom is -0.495 e. The highest BCUT2D eigenvalue weighted by Crippen LogP contribution is 2.33. The van der Waals surface area contributed by atoms with Crippen molar-refractivity contribution in [3.8, 4) is 16.9 Å². The van der Waals surface area contributed by atoms with Gasteiger partial charge >= 0.3 is 0 Å². The Morgan fingerprint density at radius 3 is 2.68 bits per heavy atom. The van der Waals surface area contributed by atoms with E-state index >= 15 is 0 Å². The molecule has 0 aromatic heterocycles. The average Bonchev–Trinajstić information content (AvgIpc) is 2.88. The number of amides is 1. The number of hydrogen-bond donors (Lipinski definition) is 0. The molecule has 2 heterocycles. The zero-order chi connectivity index (χ0) is 23.7. The van der Waals surface area contributed by atoms with E-state index in [0.717, 1.165) is 17.7 Å². The first kappa shape index (κ1) is 22.8. The van der Waals surface area contributed by atoms with Gasteiger partial charge in [-0.05, 0) is 35.4 Å². The van der Waals surface area contributed by atoms with Gasteiger partial charge in [0.25, 0.3) is 5.91 Å². The molecule has 0 bridgehead atoms. The molecule has 2 atom stereocenters. The van der Waals surface area contributed by atoms with E-state index in [4.69, 9.17) is 21.1 Å². The van der Waals surface area contributed by atoms with E-state index in [1.165, 1.54) is 13.2 Å². The van der Waals surface area contributed by atoms with Crippen LogP contribution in [0.25, 0.3) is 11.1 Å². The second-order valence-electron chi connectivity index (χ2n) is 8.65. The number of carbonyl (C=O) groups excluding carboxylic acids is 1. The van der Waals surface area contributed by atoms with E-state index in [9.17, 15) is 9.18 Å². The number of nitrogens with zero attached hydrogens (tertiary/aromatic N) is 2. The molecule has 2 saturated heterocycles. The first-order valence-corrected chi connectivity index (χ1v) is 11.7. The Balaban J connectivity index is 1.28. The molecule has 2 fully saturated rings. The molecule has 1 amide bonds. The van der Waals surface area contributed by atoms with E-state index in [2.05, 4.69) is 4.90 Å². The predicted molar refractivity (Wildman–Crippen MR) is 130 cm³/mol. The van der Waals surface area contributed by atoms with E-state index in [0.29, 0.717) is 48.1 Å². The molecule has 5 rings (SSSR count). The number of ether oxygens (including phenoxy) is 2. The second kappa shape index (κ2) is 9.74. The standard InChI is InChI=1S/C27H26ClFN2O3/c1-33-24-9-5-8-21(26(24)28)27(32)31-13-12-30-16-25(34-17-20(30)15-31)19-10-11-23(29)22(14-19)18-6-3-2-4-7-18/h2-11,14,20,25H,12-13,15-17H2,1H3/t20-,25?/m0/s1. The summed E-state index contributed by atoms with van der Waals surface area (Å²) in [6.07, 6.45) is -0.144. The van der Waals surface area contributed by atoms with Crippen molar-refractivity contribution < 1.29 is 18.7 Å². The summed E-state index contributed by atoms with van der Waals surface area (Å²) in [5.41, 5.74) is 2.83. The lowest BCUT2D eigenvalue weighted by Crippen LogP contribution is -2.59. The third-order valence-corrected chi connectivity index (χ3v) is 7.03. The smallest absolute Gasteiger partial charge is 0.255 e. The Kier molecular flexibility index (Phi) is 6.55. The largest absolute Gasteiger partial charge is 0.495 e. The van der Waals surface area contributed by atoms with Gasteiger partial charge in [0.2, 0.25) is 0 Å². The van der Waals surface area contributed by atoms with E-state index < -0.39 is 0 Å². The van der Waals surface area contributed by atoms with E-state index in [1.807, 2.05) is 41.3 Å². The van der Waals surface area contributed by atoms with Crippen LogP contribution < -0.4 is 4.74 Å². The first-order valence-electron chi connectivity index (χ1n) is 11.4. The third-order valence-electron chi connectivity index (χ3n) is 6.64. The van der Waals surface area contributed by atoms with Crippen molar-refractivity contribution in [1.29, 1.82) is 0 Å². The van der Waals surface area contributed by atoms with Crippen LogP contribution in [0.4, 0.5) is 4.39 Å². The molecule has 2 aliphatic rings. The molecule has 0 saturated carbocycles. The number of rotatable bonds is 4. The Labute approximate surface area is 203 Å². The minimum absolute atomic E-state index is 0.100. The molecular weight excluding hydrogens is 455 g/mol. The van der Waals surface area contributed by atoms with Crippen LogP contribution in [0.2, 0.25) is 5.02 Å². The molecule has 0 aliphatic carbocycles. The monoisotopic (exact) mass is 480 g/mol. The highest BCUT2D eigenvalue weighted by Gasteiger charge is 2.36. The molecule has 3 aromatic rings. The Morgan fingerprint density at radius 1 is 1.06 bits per heavy atom. The summed E-state index contributed by atoms with van der Waals surface area (Å²) in [7, 11) is 1.54. The van der Waals surface area contributed by atoms with E-state index in [-0.39, 0.29) is 23.9 Å². The summed E-state index contributed by atoms with van der Waals surface area (Å²) >= 11 is 6.38. The molecule has 176 valence electrons. The van der Waals surface area contributed by atoms with E-state index in [1.54, 1.807) is 24.3 Å². The van der Waals surface area contributed by atoms with Crippen LogP contribution in [0, 0.1) is 5.82 Å². The van der Waals surface area contributed by atoms with Crippen LogP contribution in [0.1, 0.15) is 22.0 Å². The maximum atomic E-state index is 14.5. The lowest BCUT2D eigenvalue weighted by Gasteiger charge is -2.46. The SMILES string of the molecule is COc1cccc(C(=O)N2CCN3CC(c4ccc(F)c(-c5ccccc5)c4)OC[C@@H]3C2)c1Cl. The molecule has 0 radical (unpaired) electrons. The van der Waals surface area contributed by atoms with Gasteiger partial charge in [0.15, 0.2) is 0 Å². The van der Waals surface area contributed by atoms with Gasteiger partial charge in [-0.2, -0.15) is 0 Å². The van der Waals surface area contributed by atoms with Crippen molar-refractivity contribution in [2.75, 3.05) is 39.9 Å². The van der Waals surface area contributed by atoms with Gasteiger partial charge in [0.1, 0.15) is 11.6 Å². The van der Waals surface area contributed by atoms with Crippen molar-refractivity contribution in [1.82, 2.24) is 9.80 Å². The van der Waals surface area contributed by atoms with Gasteiger partial charge < -0.3 is 14.4 Å². The summed E-state index contributed by atoms with van der Waals surface area (Å²) in [4.78, 5) is 17.3. The van der Waals surface area contributed by atoms with Crippen molar-refractivity contribution in [2.45, 2.75) is 12.1 Å². The van der Waals surface area contributed by atoms with Gasteiger partial charge in [0, 0.05) is 31.7 Å². The highest BCUT2D eigenvalue weighted by atomic mass is 35.5. The number of carbonyl (C=O) groups is 1. The topological polar surface area (TPSA) is 42.0 Å². The fourth-order valence-corrected chi connectivity index (χ4v) is 5.04. The van der Waals surface area contributed by atoms with Crippen LogP contribution in [0.15, 0.2) is 66.7 Å². The first-order chi connectivity index (χ1) is 16.5.